The number of hydrogen-bond acceptors (Lipinski definition) is 4. The van der Waals surface area contributed by atoms with Gasteiger partial charge in [-0.2, -0.15) is 0 Å². The van der Waals surface area contributed by atoms with E-state index < -0.39 is 6.09 Å². The lowest BCUT2D eigenvalue weighted by molar-refractivity contribution is 0.0281. The molecule has 1 fully saturated rings. The summed E-state index contributed by atoms with van der Waals surface area (Å²) >= 11 is 0. The fourth-order valence-corrected chi connectivity index (χ4v) is 2.83. The maximum absolute atomic E-state index is 10.7. The van der Waals surface area contributed by atoms with Crippen LogP contribution >= 0.6 is 0 Å². The summed E-state index contributed by atoms with van der Waals surface area (Å²) in [6.07, 6.45) is 6.20. The molecule has 3 aromatic heterocycles. The van der Waals surface area contributed by atoms with Crippen LogP contribution in [-0.2, 0) is 4.74 Å². The van der Waals surface area contributed by atoms with Crippen molar-refractivity contribution in [2.24, 2.45) is 5.73 Å². The minimum atomic E-state index is -0.707. The fraction of sp³-hybridized carbons (Fsp3) is 0.308. The average Bonchev–Trinajstić information content (AvgIpc) is 2.98. The number of aromatic amines is 1. The summed E-state index contributed by atoms with van der Waals surface area (Å²) < 4.78 is 7.12. The van der Waals surface area contributed by atoms with Gasteiger partial charge in [-0.15, -0.1) is 0 Å². The number of rotatable bonds is 2. The van der Waals surface area contributed by atoms with Crippen LogP contribution in [0.4, 0.5) is 4.79 Å². The number of carbonyl (C=O) groups is 1. The third-order valence-electron chi connectivity index (χ3n) is 3.86. The topological polar surface area (TPSA) is 98.8 Å². The Morgan fingerprint density at radius 1 is 1.45 bits per heavy atom. The van der Waals surface area contributed by atoms with Crippen LogP contribution in [0.15, 0.2) is 24.8 Å². The highest BCUT2D eigenvalue weighted by Gasteiger charge is 2.34. The van der Waals surface area contributed by atoms with Gasteiger partial charge in [0.2, 0.25) is 0 Å². The number of fused-ring (bicyclic) bond motifs is 3. The summed E-state index contributed by atoms with van der Waals surface area (Å²) in [7, 11) is 0. The second-order valence-electron chi connectivity index (χ2n) is 5.07. The second-order valence-corrected chi connectivity index (χ2v) is 5.07. The van der Waals surface area contributed by atoms with Crippen molar-refractivity contribution in [3.63, 3.8) is 0 Å². The number of imidazole rings is 1. The van der Waals surface area contributed by atoms with Crippen LogP contribution in [0.25, 0.3) is 22.1 Å². The van der Waals surface area contributed by atoms with E-state index in [1.807, 2.05) is 18.6 Å². The molecular formula is C13H13N5O2. The average molecular weight is 271 g/mol. The summed E-state index contributed by atoms with van der Waals surface area (Å²) in [6.45, 7) is 0. The lowest BCUT2D eigenvalue weighted by Crippen LogP contribution is -2.36. The zero-order valence-corrected chi connectivity index (χ0v) is 10.6. The van der Waals surface area contributed by atoms with Crippen molar-refractivity contribution >= 4 is 28.2 Å². The number of amides is 1. The second kappa shape index (κ2) is 3.96. The van der Waals surface area contributed by atoms with Crippen LogP contribution in [0.3, 0.4) is 0 Å². The number of carbonyl (C=O) groups excluding carboxylic acids is 1. The monoisotopic (exact) mass is 271 g/mol. The first-order valence-electron chi connectivity index (χ1n) is 6.47. The third-order valence-corrected chi connectivity index (χ3v) is 3.86. The largest absolute Gasteiger partial charge is 0.446 e. The first-order valence-corrected chi connectivity index (χ1v) is 6.47. The van der Waals surface area contributed by atoms with Gasteiger partial charge >= 0.3 is 6.09 Å². The Balaban J connectivity index is 1.71. The summed E-state index contributed by atoms with van der Waals surface area (Å²) in [5.74, 6) is 0. The van der Waals surface area contributed by atoms with Gasteiger partial charge in [0.1, 0.15) is 17.3 Å². The highest BCUT2D eigenvalue weighted by atomic mass is 16.6. The molecule has 1 saturated carbocycles. The number of nitrogens with zero attached hydrogens (tertiary/aromatic N) is 3. The molecule has 0 radical (unpaired) electrons. The van der Waals surface area contributed by atoms with Crippen molar-refractivity contribution in [2.75, 3.05) is 0 Å². The first kappa shape index (κ1) is 11.3. The van der Waals surface area contributed by atoms with Gasteiger partial charge in [0.25, 0.3) is 0 Å². The Morgan fingerprint density at radius 3 is 3.10 bits per heavy atom. The molecule has 7 heteroatoms. The standard InChI is InChI=1S/C13H13N5O2/c14-13(19)20-8-3-7(4-8)18-6-17-10-5-16-12-9(11(10)18)1-2-15-12/h1-2,5-8H,3-4H2,(H2,14,19)(H,15,16). The normalized spacial score (nSPS) is 22.0. The van der Waals surface area contributed by atoms with Crippen LogP contribution in [0.1, 0.15) is 18.9 Å². The molecule has 0 bridgehead atoms. The Kier molecular flexibility index (Phi) is 2.23. The molecule has 0 aliphatic heterocycles. The van der Waals surface area contributed by atoms with Crippen molar-refractivity contribution in [1.82, 2.24) is 19.5 Å². The van der Waals surface area contributed by atoms with E-state index in [0.29, 0.717) is 0 Å². The SMILES string of the molecule is NC(=O)OC1CC(n2cnc3cnc4[nH]ccc4c32)C1. The van der Waals surface area contributed by atoms with Crippen LogP contribution in [0, 0.1) is 0 Å². The molecule has 102 valence electrons. The summed E-state index contributed by atoms with van der Waals surface area (Å²) in [4.78, 5) is 22.5. The number of primary amides is 1. The molecular weight excluding hydrogens is 258 g/mol. The number of nitrogens with two attached hydrogens (primary N) is 1. The molecule has 3 N–H and O–H groups in total. The maximum Gasteiger partial charge on any atom is 0.404 e. The lowest BCUT2D eigenvalue weighted by Gasteiger charge is -2.35. The third kappa shape index (κ3) is 1.56. The van der Waals surface area contributed by atoms with Crippen molar-refractivity contribution in [1.29, 1.82) is 0 Å². The molecule has 0 atom stereocenters. The summed E-state index contributed by atoms with van der Waals surface area (Å²) in [5.41, 5.74) is 7.82. The quantitative estimate of drug-likeness (QED) is 0.741. The van der Waals surface area contributed by atoms with E-state index in [9.17, 15) is 4.79 Å². The number of H-pyrrole nitrogens is 1. The Morgan fingerprint density at radius 2 is 2.30 bits per heavy atom. The lowest BCUT2D eigenvalue weighted by atomic mass is 9.89. The number of pyridine rings is 1. The van der Waals surface area contributed by atoms with Crippen LogP contribution in [-0.4, -0.2) is 31.7 Å². The van der Waals surface area contributed by atoms with E-state index in [4.69, 9.17) is 10.5 Å². The molecule has 1 aliphatic carbocycles. The highest BCUT2D eigenvalue weighted by molar-refractivity contribution is 6.00. The van der Waals surface area contributed by atoms with Gasteiger partial charge in [0.15, 0.2) is 0 Å². The van der Waals surface area contributed by atoms with E-state index in [1.165, 1.54) is 0 Å². The number of hydrogen-bond donors (Lipinski definition) is 2. The number of aromatic nitrogens is 4. The zero-order valence-electron chi connectivity index (χ0n) is 10.6. The highest BCUT2D eigenvalue weighted by Crippen LogP contribution is 2.37. The molecule has 1 aliphatic rings. The van der Waals surface area contributed by atoms with Crippen molar-refractivity contribution in [3.05, 3.63) is 24.8 Å². The van der Waals surface area contributed by atoms with Gasteiger partial charge < -0.3 is 20.0 Å². The smallest absolute Gasteiger partial charge is 0.404 e. The van der Waals surface area contributed by atoms with Gasteiger partial charge in [-0.1, -0.05) is 0 Å². The molecule has 1 amide bonds. The summed E-state index contributed by atoms with van der Waals surface area (Å²) in [5, 5.41) is 1.05. The van der Waals surface area contributed by atoms with E-state index in [2.05, 4.69) is 19.5 Å². The van der Waals surface area contributed by atoms with E-state index >= 15 is 0 Å². The summed E-state index contributed by atoms with van der Waals surface area (Å²) in [6, 6.07) is 2.28. The Bertz CT molecular complexity index is 799. The van der Waals surface area contributed by atoms with Gasteiger partial charge in [0, 0.05) is 30.5 Å². The molecule has 0 unspecified atom stereocenters. The predicted octanol–water partition coefficient (Wildman–Crippen LogP) is 1.71. The Labute approximate surface area is 113 Å². The van der Waals surface area contributed by atoms with Gasteiger partial charge in [-0.05, 0) is 6.07 Å². The first-order chi connectivity index (χ1) is 9.72. The van der Waals surface area contributed by atoms with E-state index in [-0.39, 0.29) is 12.1 Å². The molecule has 4 rings (SSSR count). The number of nitrogens with one attached hydrogen (secondary N) is 1. The molecule has 3 heterocycles. The molecule has 0 aromatic carbocycles. The van der Waals surface area contributed by atoms with Crippen LogP contribution in [0.5, 0.6) is 0 Å². The predicted molar refractivity (Wildman–Crippen MR) is 72.1 cm³/mol. The molecule has 0 saturated heterocycles. The molecule has 20 heavy (non-hydrogen) atoms. The minimum Gasteiger partial charge on any atom is -0.446 e. The zero-order chi connectivity index (χ0) is 13.7. The fourth-order valence-electron chi connectivity index (χ4n) is 2.83. The van der Waals surface area contributed by atoms with Crippen molar-refractivity contribution < 1.29 is 9.53 Å². The van der Waals surface area contributed by atoms with Crippen LogP contribution in [0.2, 0.25) is 0 Å². The maximum atomic E-state index is 10.7. The Hall–Kier alpha value is -2.57. The molecule has 7 nitrogen and oxygen atoms in total. The van der Waals surface area contributed by atoms with Crippen molar-refractivity contribution in [3.8, 4) is 0 Å². The van der Waals surface area contributed by atoms with E-state index in [1.54, 1.807) is 6.20 Å². The van der Waals surface area contributed by atoms with Gasteiger partial charge in [-0.25, -0.2) is 14.8 Å². The number of ether oxygens (including phenoxy) is 1. The van der Waals surface area contributed by atoms with Crippen LogP contribution < -0.4 is 5.73 Å². The molecule has 3 aromatic rings. The minimum absolute atomic E-state index is 0.0847. The van der Waals surface area contributed by atoms with Gasteiger partial charge in [-0.3, -0.25) is 0 Å². The van der Waals surface area contributed by atoms with E-state index in [0.717, 1.165) is 34.9 Å². The molecule has 0 spiro atoms. The van der Waals surface area contributed by atoms with Gasteiger partial charge in [0.05, 0.1) is 18.0 Å². The van der Waals surface area contributed by atoms with Crippen molar-refractivity contribution in [2.45, 2.75) is 25.0 Å².